The van der Waals surface area contributed by atoms with Crippen molar-refractivity contribution in [1.82, 2.24) is 10.2 Å². The predicted molar refractivity (Wildman–Crippen MR) is 103 cm³/mol. The molecule has 1 aromatic carbocycles. The van der Waals surface area contributed by atoms with E-state index in [0.29, 0.717) is 35.7 Å². The summed E-state index contributed by atoms with van der Waals surface area (Å²) in [6, 6.07) is 6.88. The van der Waals surface area contributed by atoms with E-state index < -0.39 is 0 Å². The maximum absolute atomic E-state index is 12.2. The zero-order valence-electron chi connectivity index (χ0n) is 14.8. The van der Waals surface area contributed by atoms with Crippen LogP contribution in [0.2, 0.25) is 0 Å². The van der Waals surface area contributed by atoms with Crippen molar-refractivity contribution >= 4 is 29.5 Å². The van der Waals surface area contributed by atoms with E-state index in [-0.39, 0.29) is 17.7 Å². The fraction of sp³-hybridized carbons (Fsp3) is 0.450. The summed E-state index contributed by atoms with van der Waals surface area (Å²) in [7, 11) is 0. The van der Waals surface area contributed by atoms with E-state index >= 15 is 0 Å². The lowest BCUT2D eigenvalue weighted by atomic mass is 9.97. The molecule has 0 unspecified atom stereocenters. The summed E-state index contributed by atoms with van der Waals surface area (Å²) in [4.78, 5) is 37.6. The minimum Gasteiger partial charge on any atom is -0.355 e. The van der Waals surface area contributed by atoms with Crippen molar-refractivity contribution in [3.63, 3.8) is 0 Å². The molecule has 0 atom stereocenters. The number of amides is 3. The molecule has 138 valence electrons. The number of benzene rings is 1. The lowest BCUT2D eigenvalue weighted by molar-refractivity contribution is -0.118. The van der Waals surface area contributed by atoms with Gasteiger partial charge in [0.2, 0.25) is 5.91 Å². The number of imide groups is 1. The Balaban J connectivity index is 1.33. The Kier molecular flexibility index (Phi) is 6.50. The van der Waals surface area contributed by atoms with E-state index in [1.54, 1.807) is 24.3 Å². The molecule has 1 aliphatic heterocycles. The molecule has 2 aliphatic rings. The van der Waals surface area contributed by atoms with Gasteiger partial charge in [0.1, 0.15) is 0 Å². The van der Waals surface area contributed by atoms with Crippen molar-refractivity contribution < 1.29 is 14.4 Å². The van der Waals surface area contributed by atoms with Crippen molar-refractivity contribution in [3.05, 3.63) is 47.0 Å². The minimum atomic E-state index is -0.239. The second kappa shape index (κ2) is 9.03. The van der Waals surface area contributed by atoms with Gasteiger partial charge < -0.3 is 5.32 Å². The van der Waals surface area contributed by atoms with Gasteiger partial charge in [0, 0.05) is 18.8 Å². The third-order valence-electron chi connectivity index (χ3n) is 4.72. The molecule has 0 spiro atoms. The van der Waals surface area contributed by atoms with Crippen LogP contribution in [0.5, 0.6) is 0 Å². The SMILES string of the molecule is O=C(CSCCN1C(=O)c2ccccc2C1=O)NCCC1=CCCCC1. The highest BCUT2D eigenvalue weighted by molar-refractivity contribution is 7.99. The van der Waals surface area contributed by atoms with Crippen LogP contribution < -0.4 is 5.32 Å². The molecule has 3 amide bonds. The Labute approximate surface area is 158 Å². The summed E-state index contributed by atoms with van der Waals surface area (Å²) in [6.45, 7) is 1.01. The van der Waals surface area contributed by atoms with Crippen LogP contribution in [0.3, 0.4) is 0 Å². The molecule has 0 radical (unpaired) electrons. The van der Waals surface area contributed by atoms with Gasteiger partial charge in [-0.3, -0.25) is 19.3 Å². The maximum Gasteiger partial charge on any atom is 0.261 e. The Morgan fingerprint density at radius 3 is 2.50 bits per heavy atom. The first-order valence-electron chi connectivity index (χ1n) is 9.14. The largest absolute Gasteiger partial charge is 0.355 e. The van der Waals surface area contributed by atoms with Crippen molar-refractivity contribution in [1.29, 1.82) is 0 Å². The summed E-state index contributed by atoms with van der Waals surface area (Å²) in [5.74, 6) is 0.438. The van der Waals surface area contributed by atoms with E-state index in [4.69, 9.17) is 0 Å². The van der Waals surface area contributed by atoms with Crippen molar-refractivity contribution in [2.75, 3.05) is 24.6 Å². The number of thioether (sulfide) groups is 1. The number of fused-ring (bicyclic) bond motifs is 1. The molecule has 3 rings (SSSR count). The van der Waals surface area contributed by atoms with Gasteiger partial charge in [0.05, 0.1) is 16.9 Å². The Bertz CT molecular complexity index is 695. The Hall–Kier alpha value is -2.08. The highest BCUT2D eigenvalue weighted by Crippen LogP contribution is 2.22. The molecule has 0 saturated heterocycles. The highest BCUT2D eigenvalue weighted by atomic mass is 32.2. The molecule has 1 N–H and O–H groups in total. The molecule has 6 heteroatoms. The molecule has 0 saturated carbocycles. The number of allylic oxidation sites excluding steroid dienone is 1. The molecule has 1 aliphatic carbocycles. The van der Waals surface area contributed by atoms with E-state index in [1.165, 1.54) is 35.1 Å². The van der Waals surface area contributed by atoms with Gasteiger partial charge in [-0.05, 0) is 44.2 Å². The summed E-state index contributed by atoms with van der Waals surface area (Å²) in [5, 5.41) is 2.94. The van der Waals surface area contributed by atoms with Gasteiger partial charge in [-0.25, -0.2) is 0 Å². The fourth-order valence-corrected chi connectivity index (χ4v) is 4.05. The Morgan fingerprint density at radius 2 is 1.85 bits per heavy atom. The monoisotopic (exact) mass is 372 g/mol. The molecule has 0 fully saturated rings. The predicted octanol–water partition coefficient (Wildman–Crippen LogP) is 3.02. The van der Waals surface area contributed by atoms with Crippen molar-refractivity contribution in [2.45, 2.75) is 32.1 Å². The highest BCUT2D eigenvalue weighted by Gasteiger charge is 2.34. The second-order valence-corrected chi connectivity index (χ2v) is 7.67. The molecule has 5 nitrogen and oxygen atoms in total. The van der Waals surface area contributed by atoms with Crippen LogP contribution in [0.15, 0.2) is 35.9 Å². The van der Waals surface area contributed by atoms with Crippen LogP contribution in [0.25, 0.3) is 0 Å². The molecule has 1 aromatic rings. The number of rotatable bonds is 8. The number of nitrogens with one attached hydrogen (secondary N) is 1. The third-order valence-corrected chi connectivity index (χ3v) is 5.66. The Morgan fingerprint density at radius 1 is 1.12 bits per heavy atom. The number of hydrogen-bond acceptors (Lipinski definition) is 4. The lowest BCUT2D eigenvalue weighted by Crippen LogP contribution is -2.32. The van der Waals surface area contributed by atoms with Crippen LogP contribution in [0.4, 0.5) is 0 Å². The van der Waals surface area contributed by atoms with Crippen LogP contribution in [-0.2, 0) is 4.79 Å². The normalized spacial score (nSPS) is 16.5. The van der Waals surface area contributed by atoms with Crippen LogP contribution in [0, 0.1) is 0 Å². The van der Waals surface area contributed by atoms with E-state index in [9.17, 15) is 14.4 Å². The number of carbonyl (C=O) groups is 3. The first-order chi connectivity index (χ1) is 12.7. The summed E-state index contributed by atoms with van der Waals surface area (Å²) < 4.78 is 0. The molecular weight excluding hydrogens is 348 g/mol. The number of hydrogen-bond donors (Lipinski definition) is 1. The fourth-order valence-electron chi connectivity index (χ4n) is 3.31. The smallest absolute Gasteiger partial charge is 0.261 e. The van der Waals surface area contributed by atoms with Gasteiger partial charge in [0.25, 0.3) is 11.8 Å². The second-order valence-electron chi connectivity index (χ2n) is 6.57. The van der Waals surface area contributed by atoms with Crippen LogP contribution in [-0.4, -0.2) is 47.2 Å². The van der Waals surface area contributed by atoms with Gasteiger partial charge in [0.15, 0.2) is 0 Å². The van der Waals surface area contributed by atoms with E-state index in [1.807, 2.05) is 0 Å². The summed E-state index contributed by atoms with van der Waals surface area (Å²) >= 11 is 1.44. The first kappa shape index (κ1) is 18.7. The minimum absolute atomic E-state index is 0.00812. The average Bonchev–Trinajstić information content (AvgIpc) is 2.91. The average molecular weight is 372 g/mol. The standard InChI is InChI=1S/C20H24N2O3S/c23-18(21-11-10-15-6-2-1-3-7-15)14-26-13-12-22-19(24)16-8-4-5-9-17(16)20(22)25/h4-6,8-9H,1-3,7,10-14H2,(H,21,23). The summed E-state index contributed by atoms with van der Waals surface area (Å²) in [6.07, 6.45) is 8.09. The quantitative estimate of drug-likeness (QED) is 0.433. The van der Waals surface area contributed by atoms with Gasteiger partial charge in [-0.15, -0.1) is 0 Å². The molecule has 1 heterocycles. The van der Waals surface area contributed by atoms with Gasteiger partial charge in [-0.1, -0.05) is 23.8 Å². The van der Waals surface area contributed by atoms with Gasteiger partial charge in [-0.2, -0.15) is 11.8 Å². The molecular formula is C20H24N2O3S. The first-order valence-corrected chi connectivity index (χ1v) is 10.3. The topological polar surface area (TPSA) is 66.5 Å². The summed E-state index contributed by atoms with van der Waals surface area (Å²) in [5.41, 5.74) is 2.39. The zero-order valence-corrected chi connectivity index (χ0v) is 15.6. The number of nitrogens with zero attached hydrogens (tertiary/aromatic N) is 1. The van der Waals surface area contributed by atoms with Crippen LogP contribution in [0.1, 0.15) is 52.8 Å². The maximum atomic E-state index is 12.2. The van der Waals surface area contributed by atoms with E-state index in [0.717, 1.165) is 19.3 Å². The van der Waals surface area contributed by atoms with Crippen molar-refractivity contribution in [3.8, 4) is 0 Å². The molecule has 26 heavy (non-hydrogen) atoms. The zero-order chi connectivity index (χ0) is 18.4. The van der Waals surface area contributed by atoms with Crippen molar-refractivity contribution in [2.24, 2.45) is 0 Å². The number of carbonyl (C=O) groups excluding carboxylic acids is 3. The lowest BCUT2D eigenvalue weighted by Gasteiger charge is -2.14. The van der Waals surface area contributed by atoms with E-state index in [2.05, 4.69) is 11.4 Å². The van der Waals surface area contributed by atoms with Gasteiger partial charge >= 0.3 is 0 Å². The molecule has 0 bridgehead atoms. The molecule has 0 aromatic heterocycles. The van der Waals surface area contributed by atoms with Crippen LogP contribution >= 0.6 is 11.8 Å². The third kappa shape index (κ3) is 4.55.